The van der Waals surface area contributed by atoms with Crippen molar-refractivity contribution >= 4 is 33.6 Å². The van der Waals surface area contributed by atoms with Gasteiger partial charge in [0.1, 0.15) is 17.5 Å². The van der Waals surface area contributed by atoms with E-state index in [0.717, 1.165) is 18.2 Å². The second kappa shape index (κ2) is 6.95. The van der Waals surface area contributed by atoms with E-state index < -0.39 is 11.6 Å². The maximum atomic E-state index is 14.2. The SMILES string of the molecule is CCN1C(=O)c2nc(Br)n(Cc3cc(F)ccc3F)c2N2CC(C(C)C)N=C12. The number of guanidine groups is 1. The minimum absolute atomic E-state index is 0.0378. The number of halogens is 3. The lowest BCUT2D eigenvalue weighted by Gasteiger charge is -2.33. The number of rotatable bonds is 4. The zero-order chi connectivity index (χ0) is 20.2. The van der Waals surface area contributed by atoms with E-state index in [1.54, 1.807) is 9.47 Å². The van der Waals surface area contributed by atoms with Crippen LogP contribution in [0.15, 0.2) is 27.9 Å². The normalized spacial score (nSPS) is 18.6. The summed E-state index contributed by atoms with van der Waals surface area (Å²) in [6.45, 7) is 7.18. The Labute approximate surface area is 170 Å². The summed E-state index contributed by atoms with van der Waals surface area (Å²) in [6.07, 6.45) is 0. The Bertz CT molecular complexity index is 987. The Morgan fingerprint density at radius 1 is 1.32 bits per heavy atom. The van der Waals surface area contributed by atoms with Crippen molar-refractivity contribution < 1.29 is 13.6 Å². The first kappa shape index (κ1) is 19.0. The Balaban J connectivity index is 1.83. The van der Waals surface area contributed by atoms with Gasteiger partial charge in [-0.1, -0.05) is 13.8 Å². The molecule has 0 N–H and O–H groups in total. The van der Waals surface area contributed by atoms with E-state index in [9.17, 15) is 13.6 Å². The maximum Gasteiger partial charge on any atom is 0.283 e. The molecule has 0 saturated carbocycles. The molecule has 2 aromatic rings. The Kier molecular flexibility index (Phi) is 4.73. The summed E-state index contributed by atoms with van der Waals surface area (Å²) >= 11 is 3.39. The van der Waals surface area contributed by atoms with Crippen LogP contribution in [0.4, 0.5) is 14.6 Å². The summed E-state index contributed by atoms with van der Waals surface area (Å²) < 4.78 is 29.9. The number of hydrogen-bond donors (Lipinski definition) is 0. The molecule has 1 aromatic heterocycles. The van der Waals surface area contributed by atoms with Crippen molar-refractivity contribution in [3.63, 3.8) is 0 Å². The van der Waals surface area contributed by atoms with Gasteiger partial charge in [0.05, 0.1) is 19.1 Å². The third-order valence-electron chi connectivity index (χ3n) is 5.15. The zero-order valence-corrected chi connectivity index (χ0v) is 17.4. The van der Waals surface area contributed by atoms with Gasteiger partial charge in [-0.25, -0.2) is 18.8 Å². The molecule has 3 heterocycles. The predicted octanol–water partition coefficient (Wildman–Crippen LogP) is 3.65. The maximum absolute atomic E-state index is 14.2. The van der Waals surface area contributed by atoms with Gasteiger partial charge < -0.3 is 0 Å². The molecule has 2 aliphatic heterocycles. The number of carbonyl (C=O) groups is 1. The number of amides is 1. The van der Waals surface area contributed by atoms with Crippen molar-refractivity contribution in [2.45, 2.75) is 33.4 Å². The molecule has 2 aliphatic rings. The minimum atomic E-state index is -0.516. The second-order valence-corrected chi connectivity index (χ2v) is 7.98. The van der Waals surface area contributed by atoms with E-state index in [-0.39, 0.29) is 29.8 Å². The van der Waals surface area contributed by atoms with Crippen molar-refractivity contribution in [3.05, 3.63) is 45.8 Å². The highest BCUT2D eigenvalue weighted by Crippen LogP contribution is 2.36. The fraction of sp³-hybridized carbons (Fsp3) is 0.421. The van der Waals surface area contributed by atoms with Crippen molar-refractivity contribution in [1.29, 1.82) is 0 Å². The molecule has 1 aromatic carbocycles. The van der Waals surface area contributed by atoms with Gasteiger partial charge in [-0.3, -0.25) is 19.2 Å². The fourth-order valence-corrected chi connectivity index (χ4v) is 4.07. The average molecular weight is 452 g/mol. The van der Waals surface area contributed by atoms with Crippen LogP contribution in [-0.2, 0) is 6.54 Å². The monoisotopic (exact) mass is 451 g/mol. The van der Waals surface area contributed by atoms with E-state index in [0.29, 0.717) is 35.5 Å². The highest BCUT2D eigenvalue weighted by atomic mass is 79.9. The molecule has 0 bridgehead atoms. The molecule has 0 radical (unpaired) electrons. The molecule has 148 valence electrons. The first-order chi connectivity index (χ1) is 13.3. The number of carbonyl (C=O) groups excluding carboxylic acids is 1. The number of imidazole rings is 1. The summed E-state index contributed by atoms with van der Waals surface area (Å²) in [5, 5.41) is 0. The van der Waals surface area contributed by atoms with Crippen molar-refractivity contribution in [1.82, 2.24) is 14.5 Å². The third kappa shape index (κ3) is 2.92. The van der Waals surface area contributed by atoms with Crippen molar-refractivity contribution in [2.24, 2.45) is 10.9 Å². The number of fused-ring (bicyclic) bond motifs is 3. The largest absolute Gasteiger partial charge is 0.300 e. The van der Waals surface area contributed by atoms with Crippen molar-refractivity contribution in [2.75, 3.05) is 18.0 Å². The summed E-state index contributed by atoms with van der Waals surface area (Å²) in [7, 11) is 0. The zero-order valence-electron chi connectivity index (χ0n) is 15.8. The van der Waals surface area contributed by atoms with Gasteiger partial charge in [0.15, 0.2) is 10.4 Å². The Morgan fingerprint density at radius 2 is 2.07 bits per heavy atom. The lowest BCUT2D eigenvalue weighted by atomic mass is 10.1. The lowest BCUT2D eigenvalue weighted by Crippen LogP contribution is -2.50. The third-order valence-corrected chi connectivity index (χ3v) is 5.76. The van der Waals surface area contributed by atoms with Gasteiger partial charge in [-0.05, 0) is 47.0 Å². The van der Waals surface area contributed by atoms with Gasteiger partial charge >= 0.3 is 0 Å². The summed E-state index contributed by atoms with van der Waals surface area (Å²) in [6, 6.07) is 3.38. The van der Waals surface area contributed by atoms with Crippen LogP contribution in [-0.4, -0.2) is 45.4 Å². The van der Waals surface area contributed by atoms with E-state index in [2.05, 4.69) is 34.8 Å². The van der Waals surface area contributed by atoms with Crippen LogP contribution in [0, 0.1) is 17.6 Å². The van der Waals surface area contributed by atoms with Crippen LogP contribution < -0.4 is 4.90 Å². The molecule has 9 heteroatoms. The van der Waals surface area contributed by atoms with E-state index in [1.165, 1.54) is 0 Å². The predicted molar refractivity (Wildman–Crippen MR) is 106 cm³/mol. The lowest BCUT2D eigenvalue weighted by molar-refractivity contribution is 0.0841. The van der Waals surface area contributed by atoms with Gasteiger partial charge in [0.25, 0.3) is 5.91 Å². The molecule has 0 spiro atoms. The standard InChI is InChI=1S/C19H20BrF2N5O/c1-4-25-17(28)15-16(27-9-14(10(2)3)23-19(25)27)26(18(20)24-15)8-11-7-12(21)5-6-13(11)22/h5-7,10,14H,4,8-9H2,1-3H3. The topological polar surface area (TPSA) is 53.7 Å². The molecular weight excluding hydrogens is 432 g/mol. The number of benzene rings is 1. The van der Waals surface area contributed by atoms with Crippen LogP contribution in [0.5, 0.6) is 0 Å². The van der Waals surface area contributed by atoms with E-state index in [4.69, 9.17) is 4.99 Å². The van der Waals surface area contributed by atoms with Crippen LogP contribution in [0.25, 0.3) is 0 Å². The molecule has 1 atom stereocenters. The van der Waals surface area contributed by atoms with Gasteiger partial charge in [-0.2, -0.15) is 0 Å². The smallest absolute Gasteiger partial charge is 0.283 e. The Hall–Kier alpha value is -2.29. The van der Waals surface area contributed by atoms with Gasteiger partial charge in [-0.15, -0.1) is 0 Å². The molecule has 0 aliphatic carbocycles. The highest BCUT2D eigenvalue weighted by molar-refractivity contribution is 9.10. The summed E-state index contributed by atoms with van der Waals surface area (Å²) in [5.41, 5.74) is 0.471. The van der Waals surface area contributed by atoms with Crippen LogP contribution >= 0.6 is 15.9 Å². The average Bonchev–Trinajstić information content (AvgIpc) is 3.21. The molecule has 0 saturated heterocycles. The first-order valence-electron chi connectivity index (χ1n) is 9.19. The van der Waals surface area contributed by atoms with Gasteiger partial charge in [0.2, 0.25) is 5.96 Å². The Morgan fingerprint density at radius 3 is 2.75 bits per heavy atom. The summed E-state index contributed by atoms with van der Waals surface area (Å²) in [4.78, 5) is 25.7. The van der Waals surface area contributed by atoms with Crippen LogP contribution in [0.1, 0.15) is 36.8 Å². The van der Waals surface area contributed by atoms with E-state index >= 15 is 0 Å². The molecule has 1 unspecified atom stereocenters. The minimum Gasteiger partial charge on any atom is -0.300 e. The first-order valence-corrected chi connectivity index (χ1v) is 9.98. The highest BCUT2D eigenvalue weighted by Gasteiger charge is 2.43. The number of aromatic nitrogens is 2. The molecule has 0 fully saturated rings. The molecule has 28 heavy (non-hydrogen) atoms. The number of aliphatic imine (C=N–C) groups is 1. The molecule has 1 amide bonds. The number of anilines is 1. The fourth-order valence-electron chi connectivity index (χ4n) is 3.60. The molecule has 4 rings (SSSR count). The van der Waals surface area contributed by atoms with Crippen molar-refractivity contribution in [3.8, 4) is 0 Å². The molecule has 6 nitrogen and oxygen atoms in total. The summed E-state index contributed by atoms with van der Waals surface area (Å²) in [5.74, 6) is 0.188. The quantitative estimate of drug-likeness (QED) is 0.712. The second-order valence-electron chi connectivity index (χ2n) is 7.28. The molecular formula is C19H20BrF2N5O. The van der Waals surface area contributed by atoms with E-state index in [1.807, 2.05) is 11.8 Å². The van der Waals surface area contributed by atoms with Crippen LogP contribution in [0.2, 0.25) is 0 Å². The number of hydrogen-bond acceptors (Lipinski definition) is 4. The van der Waals surface area contributed by atoms with Gasteiger partial charge in [0, 0.05) is 12.1 Å². The van der Waals surface area contributed by atoms with Crippen LogP contribution in [0.3, 0.4) is 0 Å². The number of nitrogens with zero attached hydrogens (tertiary/aromatic N) is 5.